The van der Waals surface area contributed by atoms with Gasteiger partial charge in [0.2, 0.25) is 0 Å². The van der Waals surface area contributed by atoms with Gasteiger partial charge in [0.05, 0.1) is 28.7 Å². The SMILES string of the molecule is CCCCCCCC(CCCCc1cc2cc3nc(cc4ccc(cc5nc(cc1[nH]2)C=C5)[nH]4)C=C3)C(=O)O. The van der Waals surface area contributed by atoms with Gasteiger partial charge in [-0.2, -0.15) is 0 Å². The highest BCUT2D eigenvalue weighted by molar-refractivity contribution is 5.78. The fraction of sp³-hybridized carbons (Fsp3) is 0.364. The summed E-state index contributed by atoms with van der Waals surface area (Å²) >= 11 is 0. The predicted molar refractivity (Wildman–Crippen MR) is 161 cm³/mol. The van der Waals surface area contributed by atoms with Gasteiger partial charge in [0, 0.05) is 22.1 Å². The van der Waals surface area contributed by atoms with Crippen LogP contribution in [-0.4, -0.2) is 31.0 Å². The first-order chi connectivity index (χ1) is 19.1. The Labute approximate surface area is 230 Å². The summed E-state index contributed by atoms with van der Waals surface area (Å²) in [6.45, 7) is 2.20. The fourth-order valence-corrected chi connectivity index (χ4v) is 5.38. The number of hydrogen-bond acceptors (Lipinski definition) is 3. The van der Waals surface area contributed by atoms with Gasteiger partial charge in [0.25, 0.3) is 0 Å². The average molecular weight is 523 g/mol. The van der Waals surface area contributed by atoms with Crippen molar-refractivity contribution in [2.45, 2.75) is 71.1 Å². The molecule has 5 heterocycles. The van der Waals surface area contributed by atoms with Gasteiger partial charge >= 0.3 is 5.97 Å². The second-order valence-corrected chi connectivity index (χ2v) is 10.7. The molecule has 6 nitrogen and oxygen atoms in total. The molecule has 6 heteroatoms. The van der Waals surface area contributed by atoms with E-state index in [1.165, 1.54) is 24.8 Å². The van der Waals surface area contributed by atoms with Crippen molar-refractivity contribution in [1.82, 2.24) is 19.9 Å². The molecule has 1 unspecified atom stereocenters. The third kappa shape index (κ3) is 7.34. The lowest BCUT2D eigenvalue weighted by Gasteiger charge is -2.12. The first-order valence-corrected chi connectivity index (χ1v) is 14.4. The maximum absolute atomic E-state index is 11.8. The molecule has 5 rings (SSSR count). The largest absolute Gasteiger partial charge is 0.481 e. The number of aryl methyl sites for hydroxylation is 1. The monoisotopic (exact) mass is 522 g/mol. The van der Waals surface area contributed by atoms with Crippen molar-refractivity contribution in [1.29, 1.82) is 0 Å². The van der Waals surface area contributed by atoms with Gasteiger partial charge in [-0.1, -0.05) is 45.4 Å². The molecule has 2 aliphatic rings. The molecule has 0 aliphatic carbocycles. The summed E-state index contributed by atoms with van der Waals surface area (Å²) in [6.07, 6.45) is 18.2. The zero-order chi connectivity index (χ0) is 27.0. The highest BCUT2D eigenvalue weighted by Crippen LogP contribution is 2.23. The number of fused-ring (bicyclic) bond motifs is 8. The number of aliphatic carboxylic acids is 1. The second-order valence-electron chi connectivity index (χ2n) is 10.7. The molecule has 39 heavy (non-hydrogen) atoms. The number of H-pyrrole nitrogens is 2. The summed E-state index contributed by atoms with van der Waals surface area (Å²) in [4.78, 5) is 28.3. The van der Waals surface area contributed by atoms with Gasteiger partial charge in [0.1, 0.15) is 0 Å². The number of carboxylic acid groups (broad SMARTS) is 1. The molecule has 0 radical (unpaired) electrons. The standard InChI is InChI=1S/C33H38N4O2/c1-2-3-4-5-6-9-23(33(38)39)10-7-8-11-24-18-31-21-29-15-14-27(35-29)19-25-12-13-26(34-25)20-28-16-17-30(36-28)22-32(24)37-31/h12-23,34,37H,2-11H2,1H3,(H,38,39). The summed E-state index contributed by atoms with van der Waals surface area (Å²) < 4.78 is 0. The Bertz CT molecular complexity index is 1530. The minimum absolute atomic E-state index is 0.233. The number of carboxylic acids is 1. The van der Waals surface area contributed by atoms with E-state index in [2.05, 4.69) is 35.1 Å². The second kappa shape index (κ2) is 12.7. The third-order valence-electron chi connectivity index (χ3n) is 7.51. The minimum atomic E-state index is -0.647. The summed E-state index contributed by atoms with van der Waals surface area (Å²) in [5.41, 5.74) is 8.90. The van der Waals surface area contributed by atoms with Crippen molar-refractivity contribution >= 4 is 52.3 Å². The maximum atomic E-state index is 11.8. The van der Waals surface area contributed by atoms with Gasteiger partial charge in [0.15, 0.2) is 0 Å². The minimum Gasteiger partial charge on any atom is -0.481 e. The van der Waals surface area contributed by atoms with E-state index in [4.69, 9.17) is 9.97 Å². The number of aromatic nitrogens is 4. The van der Waals surface area contributed by atoms with E-state index in [1.807, 2.05) is 48.6 Å². The van der Waals surface area contributed by atoms with Crippen LogP contribution in [0, 0.1) is 5.92 Å². The summed E-state index contributed by atoms with van der Waals surface area (Å²) in [7, 11) is 0. The molecule has 3 aromatic rings. The number of hydrogen-bond donors (Lipinski definition) is 3. The highest BCUT2D eigenvalue weighted by Gasteiger charge is 2.16. The first kappa shape index (κ1) is 26.7. The van der Waals surface area contributed by atoms with Crippen LogP contribution in [0.2, 0.25) is 0 Å². The third-order valence-corrected chi connectivity index (χ3v) is 7.51. The van der Waals surface area contributed by atoms with Crippen LogP contribution in [0.1, 0.15) is 93.1 Å². The predicted octanol–water partition coefficient (Wildman–Crippen LogP) is 8.43. The number of carbonyl (C=O) groups is 1. The van der Waals surface area contributed by atoms with Gasteiger partial charge in [-0.3, -0.25) is 4.79 Å². The quantitative estimate of drug-likeness (QED) is 0.143. The Morgan fingerprint density at radius 2 is 1.28 bits per heavy atom. The Balaban J connectivity index is 1.36. The summed E-state index contributed by atoms with van der Waals surface area (Å²) in [6, 6.07) is 14.5. The van der Waals surface area contributed by atoms with Crippen molar-refractivity contribution in [3.63, 3.8) is 0 Å². The molecule has 0 aromatic carbocycles. The lowest BCUT2D eigenvalue weighted by molar-refractivity contribution is -0.142. The molecule has 2 aliphatic heterocycles. The van der Waals surface area contributed by atoms with Crippen LogP contribution in [0.3, 0.4) is 0 Å². The smallest absolute Gasteiger partial charge is 0.306 e. The van der Waals surface area contributed by atoms with E-state index in [0.717, 1.165) is 89.8 Å². The Kier molecular flexibility index (Phi) is 8.71. The Hall–Kier alpha value is -3.93. The van der Waals surface area contributed by atoms with Crippen molar-refractivity contribution in [3.8, 4) is 0 Å². The molecular weight excluding hydrogens is 484 g/mol. The molecule has 0 saturated heterocycles. The molecule has 1 atom stereocenters. The highest BCUT2D eigenvalue weighted by atomic mass is 16.4. The Morgan fingerprint density at radius 1 is 0.718 bits per heavy atom. The van der Waals surface area contributed by atoms with E-state index in [1.54, 1.807) is 0 Å². The fourth-order valence-electron chi connectivity index (χ4n) is 5.38. The number of unbranched alkanes of at least 4 members (excludes halogenated alkanes) is 5. The van der Waals surface area contributed by atoms with Crippen LogP contribution in [-0.2, 0) is 11.2 Å². The van der Waals surface area contributed by atoms with Crippen molar-refractivity contribution < 1.29 is 9.90 Å². The zero-order valence-electron chi connectivity index (χ0n) is 22.7. The van der Waals surface area contributed by atoms with Gasteiger partial charge < -0.3 is 15.1 Å². The summed E-state index contributed by atoms with van der Waals surface area (Å²) in [5, 5.41) is 9.70. The molecular formula is C33H38N4O2. The van der Waals surface area contributed by atoms with Gasteiger partial charge in [-0.25, -0.2) is 9.97 Å². The van der Waals surface area contributed by atoms with Crippen LogP contribution < -0.4 is 0 Å². The van der Waals surface area contributed by atoms with Crippen LogP contribution in [0.15, 0.2) is 42.5 Å². The molecule has 0 saturated carbocycles. The number of nitrogens with zero attached hydrogens (tertiary/aromatic N) is 2. The number of nitrogens with one attached hydrogen (secondary N) is 2. The number of aromatic amines is 2. The molecule has 202 valence electrons. The van der Waals surface area contributed by atoms with E-state index < -0.39 is 5.97 Å². The van der Waals surface area contributed by atoms with E-state index in [-0.39, 0.29) is 5.92 Å². The van der Waals surface area contributed by atoms with Crippen LogP contribution in [0.4, 0.5) is 0 Å². The van der Waals surface area contributed by atoms with Crippen molar-refractivity contribution in [2.24, 2.45) is 5.92 Å². The molecule has 0 spiro atoms. The molecule has 3 N–H and O–H groups in total. The average Bonchev–Trinajstić information content (AvgIpc) is 3.71. The molecule has 8 bridgehead atoms. The van der Waals surface area contributed by atoms with Crippen molar-refractivity contribution in [3.05, 3.63) is 70.8 Å². The molecule has 3 aromatic heterocycles. The van der Waals surface area contributed by atoms with E-state index in [9.17, 15) is 9.90 Å². The van der Waals surface area contributed by atoms with Crippen LogP contribution in [0.5, 0.6) is 0 Å². The van der Waals surface area contributed by atoms with E-state index in [0.29, 0.717) is 0 Å². The van der Waals surface area contributed by atoms with Gasteiger partial charge in [-0.05, 0) is 98.0 Å². The molecule has 0 fully saturated rings. The van der Waals surface area contributed by atoms with E-state index >= 15 is 0 Å². The first-order valence-electron chi connectivity index (χ1n) is 14.4. The topological polar surface area (TPSA) is 94.7 Å². The lowest BCUT2D eigenvalue weighted by Crippen LogP contribution is -2.13. The normalized spacial score (nSPS) is 13.2. The lowest BCUT2D eigenvalue weighted by atomic mass is 9.94. The van der Waals surface area contributed by atoms with Crippen molar-refractivity contribution in [2.75, 3.05) is 0 Å². The zero-order valence-corrected chi connectivity index (χ0v) is 22.7. The Morgan fingerprint density at radius 3 is 1.90 bits per heavy atom. The van der Waals surface area contributed by atoms with Crippen LogP contribution >= 0.6 is 0 Å². The van der Waals surface area contributed by atoms with Gasteiger partial charge in [-0.15, -0.1) is 0 Å². The summed E-state index contributed by atoms with van der Waals surface area (Å²) in [5.74, 6) is -0.880. The maximum Gasteiger partial charge on any atom is 0.306 e. The van der Waals surface area contributed by atoms with Crippen LogP contribution in [0.25, 0.3) is 46.4 Å². The number of rotatable bonds is 12. The molecule has 0 amide bonds.